The summed E-state index contributed by atoms with van der Waals surface area (Å²) in [5.41, 5.74) is 7.63. The lowest BCUT2D eigenvalue weighted by molar-refractivity contribution is 0.429. The van der Waals surface area contributed by atoms with Crippen molar-refractivity contribution in [1.29, 1.82) is 5.41 Å². The Hall–Kier alpha value is -2.29. The van der Waals surface area contributed by atoms with Gasteiger partial charge in [0.1, 0.15) is 11.5 Å². The molecule has 0 unspecified atom stereocenters. The number of nitrogen functional groups attached to an aromatic ring is 1. The molecule has 1 rings (SSSR count). The standard InChI is InChI=1S/C16H20N2O/c1-4-5-6-12(2)16(18)11-13(3)19-15-9-7-14(17)8-10-15/h4-11,18H,17H2,1-3H3/b5-4-,12-6+,13-11+,18-16?. The minimum atomic E-state index is 0.436. The van der Waals surface area contributed by atoms with Crippen LogP contribution in [0.5, 0.6) is 5.75 Å². The van der Waals surface area contributed by atoms with E-state index in [0.717, 1.165) is 5.57 Å². The molecule has 1 aromatic rings. The van der Waals surface area contributed by atoms with E-state index in [1.54, 1.807) is 30.3 Å². The number of allylic oxidation sites excluding steroid dienone is 6. The molecule has 0 aliphatic carbocycles. The highest BCUT2D eigenvalue weighted by atomic mass is 16.5. The first-order chi connectivity index (χ1) is 9.02. The van der Waals surface area contributed by atoms with Gasteiger partial charge in [-0.3, -0.25) is 0 Å². The molecule has 0 fully saturated rings. The van der Waals surface area contributed by atoms with Gasteiger partial charge < -0.3 is 15.9 Å². The predicted molar refractivity (Wildman–Crippen MR) is 81.5 cm³/mol. The number of anilines is 1. The summed E-state index contributed by atoms with van der Waals surface area (Å²) in [5.74, 6) is 1.38. The third kappa shape index (κ3) is 5.25. The summed E-state index contributed by atoms with van der Waals surface area (Å²) in [6.07, 6.45) is 7.44. The zero-order valence-electron chi connectivity index (χ0n) is 11.6. The molecule has 0 aliphatic rings. The highest BCUT2D eigenvalue weighted by Gasteiger charge is 1.99. The van der Waals surface area contributed by atoms with Gasteiger partial charge in [0.2, 0.25) is 0 Å². The van der Waals surface area contributed by atoms with E-state index >= 15 is 0 Å². The Balaban J connectivity index is 2.71. The number of nitrogens with two attached hydrogens (primary N) is 1. The summed E-state index contributed by atoms with van der Waals surface area (Å²) in [6.45, 7) is 5.67. The fourth-order valence-electron chi connectivity index (χ4n) is 1.40. The Labute approximate surface area is 114 Å². The van der Waals surface area contributed by atoms with Gasteiger partial charge in [-0.05, 0) is 50.6 Å². The monoisotopic (exact) mass is 256 g/mol. The van der Waals surface area contributed by atoms with Gasteiger partial charge >= 0.3 is 0 Å². The lowest BCUT2D eigenvalue weighted by Crippen LogP contribution is -1.99. The molecule has 3 N–H and O–H groups in total. The molecule has 0 radical (unpaired) electrons. The van der Waals surface area contributed by atoms with Gasteiger partial charge in [0.25, 0.3) is 0 Å². The SMILES string of the molecule is C/C=C\C=C(/C)C(=N)/C=C(\C)Oc1ccc(N)cc1. The summed E-state index contributed by atoms with van der Waals surface area (Å²) in [6, 6.07) is 7.17. The van der Waals surface area contributed by atoms with Crippen LogP contribution in [-0.2, 0) is 0 Å². The Morgan fingerprint density at radius 3 is 2.42 bits per heavy atom. The van der Waals surface area contributed by atoms with Crippen molar-refractivity contribution >= 4 is 11.4 Å². The Bertz CT molecular complexity index is 522. The van der Waals surface area contributed by atoms with E-state index in [-0.39, 0.29) is 0 Å². The van der Waals surface area contributed by atoms with Crippen molar-refractivity contribution in [2.45, 2.75) is 20.8 Å². The highest BCUT2D eigenvalue weighted by molar-refractivity contribution is 6.06. The number of hydrogen-bond donors (Lipinski definition) is 2. The van der Waals surface area contributed by atoms with Gasteiger partial charge in [-0.15, -0.1) is 0 Å². The molecule has 0 atom stereocenters. The molecule has 0 amide bonds. The summed E-state index contributed by atoms with van der Waals surface area (Å²) in [4.78, 5) is 0. The van der Waals surface area contributed by atoms with Crippen molar-refractivity contribution in [2.75, 3.05) is 5.73 Å². The first kappa shape index (κ1) is 14.8. The third-order valence-electron chi connectivity index (χ3n) is 2.47. The van der Waals surface area contributed by atoms with Crippen molar-refractivity contribution in [3.05, 3.63) is 59.9 Å². The molecular formula is C16H20N2O. The van der Waals surface area contributed by atoms with Crippen LogP contribution in [0.3, 0.4) is 0 Å². The number of hydrogen-bond acceptors (Lipinski definition) is 3. The van der Waals surface area contributed by atoms with Crippen LogP contribution in [0.25, 0.3) is 0 Å². The molecule has 0 saturated carbocycles. The molecule has 0 saturated heterocycles. The van der Waals surface area contributed by atoms with E-state index in [2.05, 4.69) is 0 Å². The summed E-state index contributed by atoms with van der Waals surface area (Å²) < 4.78 is 5.61. The van der Waals surface area contributed by atoms with Gasteiger partial charge in [-0.2, -0.15) is 0 Å². The van der Waals surface area contributed by atoms with E-state index in [0.29, 0.717) is 22.9 Å². The van der Waals surface area contributed by atoms with Crippen LogP contribution in [-0.4, -0.2) is 5.71 Å². The fourth-order valence-corrected chi connectivity index (χ4v) is 1.40. The van der Waals surface area contributed by atoms with Crippen molar-refractivity contribution in [1.82, 2.24) is 0 Å². The van der Waals surface area contributed by atoms with Crippen LogP contribution >= 0.6 is 0 Å². The fraction of sp³-hybridized carbons (Fsp3) is 0.188. The second-order valence-electron chi connectivity index (χ2n) is 4.22. The predicted octanol–water partition coefficient (Wildman–Crippen LogP) is 4.09. The Kier molecular flexibility index (Phi) is 5.61. The molecule has 3 heteroatoms. The van der Waals surface area contributed by atoms with Gasteiger partial charge in [0, 0.05) is 11.8 Å². The maximum atomic E-state index is 7.92. The minimum Gasteiger partial charge on any atom is -0.462 e. The molecule has 3 nitrogen and oxygen atoms in total. The largest absolute Gasteiger partial charge is 0.462 e. The maximum Gasteiger partial charge on any atom is 0.127 e. The van der Waals surface area contributed by atoms with Gasteiger partial charge in [-0.1, -0.05) is 18.2 Å². The molecule has 0 aliphatic heterocycles. The van der Waals surface area contributed by atoms with Crippen LogP contribution in [0, 0.1) is 5.41 Å². The topological polar surface area (TPSA) is 59.1 Å². The molecular weight excluding hydrogens is 236 g/mol. The second-order valence-corrected chi connectivity index (χ2v) is 4.22. The van der Waals surface area contributed by atoms with Crippen molar-refractivity contribution in [3.8, 4) is 5.75 Å². The van der Waals surface area contributed by atoms with Crippen molar-refractivity contribution < 1.29 is 4.74 Å². The molecule has 19 heavy (non-hydrogen) atoms. The zero-order valence-corrected chi connectivity index (χ0v) is 11.6. The molecule has 0 aromatic heterocycles. The number of rotatable bonds is 5. The summed E-state index contributed by atoms with van der Waals surface area (Å²) >= 11 is 0. The van der Waals surface area contributed by atoms with Crippen LogP contribution in [0.1, 0.15) is 20.8 Å². The lowest BCUT2D eigenvalue weighted by atomic mass is 10.1. The minimum absolute atomic E-state index is 0.436. The number of ether oxygens (including phenoxy) is 1. The van der Waals surface area contributed by atoms with Crippen molar-refractivity contribution in [3.63, 3.8) is 0 Å². The maximum absolute atomic E-state index is 7.92. The van der Waals surface area contributed by atoms with Gasteiger partial charge in [-0.25, -0.2) is 0 Å². The molecule has 0 bridgehead atoms. The molecule has 0 spiro atoms. The van der Waals surface area contributed by atoms with E-state index in [1.807, 2.05) is 39.0 Å². The van der Waals surface area contributed by atoms with Crippen LogP contribution in [0.15, 0.2) is 59.9 Å². The normalized spacial score (nSPS) is 12.8. The highest BCUT2D eigenvalue weighted by Crippen LogP contribution is 2.16. The van der Waals surface area contributed by atoms with Gasteiger partial charge in [0.05, 0.1) is 5.71 Å². The van der Waals surface area contributed by atoms with Crippen LogP contribution in [0.4, 0.5) is 5.69 Å². The molecule has 0 heterocycles. The van der Waals surface area contributed by atoms with E-state index in [4.69, 9.17) is 15.9 Å². The first-order valence-electron chi connectivity index (χ1n) is 6.13. The molecule has 100 valence electrons. The van der Waals surface area contributed by atoms with Crippen LogP contribution < -0.4 is 10.5 Å². The van der Waals surface area contributed by atoms with Gasteiger partial charge in [0.15, 0.2) is 0 Å². The van der Waals surface area contributed by atoms with Crippen molar-refractivity contribution in [2.24, 2.45) is 0 Å². The summed E-state index contributed by atoms with van der Waals surface area (Å²) in [7, 11) is 0. The number of nitrogens with one attached hydrogen (secondary N) is 1. The van der Waals surface area contributed by atoms with E-state index in [9.17, 15) is 0 Å². The number of benzene rings is 1. The smallest absolute Gasteiger partial charge is 0.127 e. The average molecular weight is 256 g/mol. The van der Waals surface area contributed by atoms with Crippen LogP contribution in [0.2, 0.25) is 0 Å². The quantitative estimate of drug-likeness (QED) is 0.361. The molecule has 1 aromatic carbocycles. The Morgan fingerprint density at radius 2 is 1.84 bits per heavy atom. The Morgan fingerprint density at radius 1 is 1.21 bits per heavy atom. The van der Waals surface area contributed by atoms with E-state index in [1.165, 1.54) is 0 Å². The third-order valence-corrected chi connectivity index (χ3v) is 2.47. The average Bonchev–Trinajstić information content (AvgIpc) is 2.38. The zero-order chi connectivity index (χ0) is 14.3. The summed E-state index contributed by atoms with van der Waals surface area (Å²) in [5, 5.41) is 7.92. The lowest BCUT2D eigenvalue weighted by Gasteiger charge is -2.06. The first-order valence-corrected chi connectivity index (χ1v) is 6.13. The van der Waals surface area contributed by atoms with E-state index < -0.39 is 0 Å². The second kappa shape index (κ2) is 7.21.